The molecule has 0 aliphatic heterocycles. The summed E-state index contributed by atoms with van der Waals surface area (Å²) < 4.78 is 94.3. The minimum atomic E-state index is -3.77. The van der Waals surface area contributed by atoms with Gasteiger partial charge >= 0.3 is 11.9 Å². The summed E-state index contributed by atoms with van der Waals surface area (Å²) in [6.45, 7) is -1.36. The highest BCUT2D eigenvalue weighted by atomic mass is 127. The third kappa shape index (κ3) is 20.7. The fraction of sp³-hybridized carbons (Fsp3) is 0.260. The van der Waals surface area contributed by atoms with E-state index >= 15 is 0 Å². The Morgan fingerprint density at radius 1 is 0.480 bits per heavy atom. The van der Waals surface area contributed by atoms with Crippen LogP contribution in [0.25, 0.3) is 0 Å². The molecule has 0 saturated carbocycles. The second-order valence-electron chi connectivity index (χ2n) is 15.5. The molecule has 0 unspecified atom stereocenters. The molecule has 5 aromatic carbocycles. The molecule has 0 heterocycles. The van der Waals surface area contributed by atoms with E-state index in [1.165, 1.54) is 17.6 Å². The smallest absolute Gasteiger partial charge is 0.336 e. The molecule has 0 saturated heterocycles. The second-order valence-corrected chi connectivity index (χ2v) is 22.4. The summed E-state index contributed by atoms with van der Waals surface area (Å²) in [5, 5.41) is 37.7. The first-order chi connectivity index (χ1) is 35.2. The zero-order valence-corrected chi connectivity index (χ0v) is 46.0. The maximum atomic E-state index is 12.1. The summed E-state index contributed by atoms with van der Waals surface area (Å²) in [5.74, 6) is 10.5. The van der Waals surface area contributed by atoms with Crippen LogP contribution in [0.1, 0.15) is 22.3 Å². The molecule has 0 aromatic heterocycles. The molecule has 0 aliphatic carbocycles. The van der Waals surface area contributed by atoms with Crippen molar-refractivity contribution in [2.24, 2.45) is 0 Å². The monoisotopic (exact) mass is 1210 g/mol. The summed E-state index contributed by atoms with van der Waals surface area (Å²) >= 11 is 2.09. The third-order valence-electron chi connectivity index (χ3n) is 9.88. The van der Waals surface area contributed by atoms with Gasteiger partial charge in [0, 0.05) is 25.8 Å². The molecule has 0 radical (unpaired) electrons. The van der Waals surface area contributed by atoms with Gasteiger partial charge in [0.05, 0.1) is 83.9 Å². The minimum absolute atomic E-state index is 0.252. The maximum Gasteiger partial charge on any atom is 0.336 e. The van der Waals surface area contributed by atoms with Gasteiger partial charge in [0.25, 0.3) is 5.91 Å². The van der Waals surface area contributed by atoms with Crippen LogP contribution in [0, 0.1) is 27.3 Å². The zero-order chi connectivity index (χ0) is 56.1. The number of halogens is 1. The van der Waals surface area contributed by atoms with Crippen molar-refractivity contribution >= 4 is 87.6 Å². The summed E-state index contributed by atoms with van der Waals surface area (Å²) in [6.07, 6.45) is -1.89. The largest absolute Gasteiger partial charge is 0.497 e. The summed E-state index contributed by atoms with van der Waals surface area (Å²) in [7, 11) is -5.67. The van der Waals surface area contributed by atoms with Gasteiger partial charge in [0.1, 0.15) is 11.5 Å². The molecule has 5 rings (SSSR count). The van der Waals surface area contributed by atoms with Gasteiger partial charge in [-0.25, -0.2) is 40.3 Å². The van der Waals surface area contributed by atoms with E-state index in [0.29, 0.717) is 22.5 Å². The van der Waals surface area contributed by atoms with Gasteiger partial charge in [-0.1, -0.05) is 23.7 Å². The molecule has 3 atom stereocenters. The zero-order valence-electron chi connectivity index (χ0n) is 41.4. The lowest BCUT2D eigenvalue weighted by Crippen LogP contribution is -2.44. The number of carbonyl (C=O) groups is 3. The number of benzene rings is 5. The lowest BCUT2D eigenvalue weighted by molar-refractivity contribution is -0.150. The third-order valence-corrected chi connectivity index (χ3v) is 14.1. The minimum Gasteiger partial charge on any atom is -0.497 e. The van der Waals surface area contributed by atoms with Crippen LogP contribution < -0.4 is 27.9 Å². The number of amides is 1. The highest BCUT2D eigenvalue weighted by Crippen LogP contribution is 2.22. The number of rotatable bonds is 17. The van der Waals surface area contributed by atoms with Gasteiger partial charge in [-0.05, 0) is 144 Å². The summed E-state index contributed by atoms with van der Waals surface area (Å²) in [6, 6.07) is 33.9. The number of sulfonamides is 3. The van der Waals surface area contributed by atoms with E-state index in [2.05, 4.69) is 55.7 Å². The molecule has 5 aromatic rings. The van der Waals surface area contributed by atoms with Crippen LogP contribution in [0.15, 0.2) is 121 Å². The normalized spacial score (nSPS) is 12.0. The Bertz CT molecular complexity index is 3000. The fourth-order valence-corrected chi connectivity index (χ4v) is 9.12. The van der Waals surface area contributed by atoms with E-state index in [0.717, 1.165) is 72.1 Å². The Hall–Kier alpha value is -6.95. The van der Waals surface area contributed by atoms with Crippen LogP contribution in [-0.4, -0.2) is 149 Å². The topological polar surface area (TPSA) is 293 Å². The van der Waals surface area contributed by atoms with Gasteiger partial charge in [-0.2, -0.15) is 0 Å². The summed E-state index contributed by atoms with van der Waals surface area (Å²) in [5.41, 5.74) is 5.16. The Kier molecular flexibility index (Phi) is 24.3. The van der Waals surface area contributed by atoms with Gasteiger partial charge in [-0.15, -0.1) is 0 Å². The number of hydrogen-bond acceptors (Lipinski definition) is 17. The van der Waals surface area contributed by atoms with E-state index in [4.69, 9.17) is 14.7 Å². The van der Waals surface area contributed by atoms with Crippen molar-refractivity contribution < 1.29 is 79.1 Å². The Balaban J connectivity index is 0.000000303. The average Bonchev–Trinajstić information content (AvgIpc) is 3.39. The SMILES string of the molecule is COC(=O)[C@@H](O)CN(c1ccc(C#Cc2ccc(OC)cc2)cc1)S(C)(=O)=O.COC(=O)[C@@H](O)CN(c1ccc(I)cc1)S(C)(=O)=O.COc1ccc(C#Cc2ccc(N(C[C@H](O)C(=O)NO)S(C)(=O)=O)cc2)cc1. The molecular weight excluding hydrogens is 1150 g/mol. The first-order valence-corrected chi connectivity index (χ1v) is 28.2. The van der Waals surface area contributed by atoms with Crippen LogP contribution in [-0.2, 0) is 53.9 Å². The van der Waals surface area contributed by atoms with Crippen molar-refractivity contribution in [1.29, 1.82) is 0 Å². The van der Waals surface area contributed by atoms with Crippen LogP contribution >= 0.6 is 22.6 Å². The Morgan fingerprint density at radius 3 is 0.973 bits per heavy atom. The van der Waals surface area contributed by atoms with E-state index in [1.54, 1.807) is 87.0 Å². The quantitative estimate of drug-likeness (QED) is 0.0294. The number of hydrogen-bond donors (Lipinski definition) is 5. The predicted molar refractivity (Wildman–Crippen MR) is 289 cm³/mol. The predicted octanol–water partition coefficient (Wildman–Crippen LogP) is 2.71. The molecule has 0 fully saturated rings. The van der Waals surface area contributed by atoms with Crippen molar-refractivity contribution in [3.05, 3.63) is 147 Å². The van der Waals surface area contributed by atoms with E-state index in [-0.39, 0.29) is 12.2 Å². The molecule has 21 nitrogen and oxygen atoms in total. The first-order valence-electron chi connectivity index (χ1n) is 21.6. The second kappa shape index (κ2) is 29.2. The van der Waals surface area contributed by atoms with E-state index in [1.807, 2.05) is 36.4 Å². The Labute approximate surface area is 449 Å². The number of methoxy groups -OCH3 is 4. The van der Waals surface area contributed by atoms with Gasteiger partial charge < -0.3 is 34.3 Å². The summed E-state index contributed by atoms with van der Waals surface area (Å²) in [4.78, 5) is 33.8. The number of carbonyl (C=O) groups excluding carboxylic acids is 3. The fourth-order valence-electron chi connectivity index (χ4n) is 6.01. The number of nitrogens with zero attached hydrogens (tertiary/aromatic N) is 3. The maximum absolute atomic E-state index is 12.1. The van der Waals surface area contributed by atoms with Crippen LogP contribution in [0.2, 0.25) is 0 Å². The van der Waals surface area contributed by atoms with Crippen LogP contribution in [0.3, 0.4) is 0 Å². The van der Waals surface area contributed by atoms with Crippen molar-refractivity contribution in [2.75, 3.05) is 79.8 Å². The van der Waals surface area contributed by atoms with Crippen LogP contribution in [0.4, 0.5) is 17.1 Å². The van der Waals surface area contributed by atoms with Crippen molar-refractivity contribution in [3.63, 3.8) is 0 Å². The molecule has 0 aliphatic rings. The lowest BCUT2D eigenvalue weighted by Gasteiger charge is -2.24. The first kappa shape index (κ1) is 62.3. The molecule has 1 amide bonds. The van der Waals surface area contributed by atoms with Gasteiger partial charge in [0.2, 0.25) is 30.1 Å². The van der Waals surface area contributed by atoms with Gasteiger partial charge in [0.15, 0.2) is 18.3 Å². The number of hydroxylamine groups is 1. The van der Waals surface area contributed by atoms with E-state index < -0.39 is 79.3 Å². The van der Waals surface area contributed by atoms with Crippen LogP contribution in [0.5, 0.6) is 11.5 Å². The number of ether oxygens (including phenoxy) is 4. The molecule has 0 bridgehead atoms. The lowest BCUT2D eigenvalue weighted by atomic mass is 10.1. The van der Waals surface area contributed by atoms with Crippen molar-refractivity contribution in [3.8, 4) is 35.2 Å². The van der Waals surface area contributed by atoms with Crippen molar-refractivity contribution in [1.82, 2.24) is 5.48 Å². The van der Waals surface area contributed by atoms with E-state index in [9.17, 15) is 55.0 Å². The number of anilines is 3. The molecule has 75 heavy (non-hydrogen) atoms. The molecule has 0 spiro atoms. The number of aliphatic hydroxyl groups is 3. The highest BCUT2D eigenvalue weighted by molar-refractivity contribution is 14.1. The molecule has 5 N–H and O–H groups in total. The highest BCUT2D eigenvalue weighted by Gasteiger charge is 2.28. The molecular formula is C50H55IN4O17S3. The number of nitrogens with one attached hydrogen (secondary N) is 1. The number of aliphatic hydroxyl groups excluding tert-OH is 3. The van der Waals surface area contributed by atoms with Crippen molar-refractivity contribution in [2.45, 2.75) is 18.3 Å². The van der Waals surface area contributed by atoms with Gasteiger partial charge in [-0.3, -0.25) is 22.9 Å². The Morgan fingerprint density at radius 2 is 0.733 bits per heavy atom. The molecule has 402 valence electrons. The average molecular weight is 1210 g/mol. The number of esters is 2. The molecule has 25 heteroatoms. The standard InChI is InChI=1S/C20H21NO6S.C19H20N2O6S.C11H14INO5S/c1-26-18-12-8-16(9-13-18)5-4-15-6-10-17(11-7-15)21(28(3,24)25)14-19(22)20(23)27-2;1-27-17-11-7-15(8-12-17)4-3-14-5-9-16(10-6-14)21(28(2,25)26)13-18(22)19(23)20-24;1-18-11(15)10(14)7-13(19(2,16)17)9-5-3-8(12)4-6-9/h6-13,19,22H,14H2,1-3H3;5-12,18,22,24H,13H2,1-2H3,(H,20,23);3-6,10,14H,7H2,1-2H3/t19-;18-;10-/m000/s1.